The van der Waals surface area contributed by atoms with Gasteiger partial charge in [-0.15, -0.1) is 0 Å². The summed E-state index contributed by atoms with van der Waals surface area (Å²) in [6, 6.07) is 17.0. The molecule has 294 valence electrons. The molecule has 0 unspecified atom stereocenters. The van der Waals surface area contributed by atoms with Gasteiger partial charge in [0.2, 0.25) is 5.91 Å². The zero-order valence-electron chi connectivity index (χ0n) is 32.7. The summed E-state index contributed by atoms with van der Waals surface area (Å²) in [6.45, 7) is 8.84. The van der Waals surface area contributed by atoms with Crippen molar-refractivity contribution in [3.63, 3.8) is 0 Å². The quantitative estimate of drug-likeness (QED) is 0.102. The van der Waals surface area contributed by atoms with Crippen LogP contribution in [0.15, 0.2) is 60.8 Å². The van der Waals surface area contributed by atoms with Crippen LogP contribution >= 0.6 is 0 Å². The van der Waals surface area contributed by atoms with Gasteiger partial charge in [-0.1, -0.05) is 58.0 Å². The van der Waals surface area contributed by atoms with Crippen molar-refractivity contribution in [2.75, 3.05) is 27.3 Å². The van der Waals surface area contributed by atoms with Crippen molar-refractivity contribution in [1.29, 1.82) is 0 Å². The van der Waals surface area contributed by atoms with Gasteiger partial charge in [-0.3, -0.25) is 14.9 Å². The van der Waals surface area contributed by atoms with Crippen LogP contribution in [0.3, 0.4) is 0 Å². The second-order valence-corrected chi connectivity index (χ2v) is 15.5. The summed E-state index contributed by atoms with van der Waals surface area (Å²) in [5, 5.41) is 11.0. The molecule has 0 aliphatic carbocycles. The zero-order valence-corrected chi connectivity index (χ0v) is 32.7. The molecule has 2 aliphatic heterocycles. The number of hydrogen-bond donors (Lipinski definition) is 5. The van der Waals surface area contributed by atoms with Gasteiger partial charge in [-0.2, -0.15) is 0 Å². The Morgan fingerprint density at radius 3 is 2.16 bits per heavy atom. The summed E-state index contributed by atoms with van der Waals surface area (Å²) in [5.74, 6) is 0.678. The number of fused-ring (bicyclic) bond motifs is 2. The number of nitrogens with zero attached hydrogens (tertiary/aromatic N) is 3. The number of nitrogens with one attached hydrogen (secondary N) is 5. The first kappa shape index (κ1) is 38.5. The molecule has 14 heteroatoms. The molecule has 56 heavy (non-hydrogen) atoms. The number of benzene rings is 3. The number of methoxy groups -OCH3 is 2. The third-order valence-corrected chi connectivity index (χ3v) is 11.2. The highest BCUT2D eigenvalue weighted by atomic mass is 16.5. The highest BCUT2D eigenvalue weighted by Gasteiger charge is 2.49. The monoisotopic (exact) mass is 762 g/mol. The maximum atomic E-state index is 14.1. The molecule has 2 aliphatic rings. The molecule has 4 atom stereocenters. The van der Waals surface area contributed by atoms with Gasteiger partial charge in [0.25, 0.3) is 0 Å². The fraction of sp³-hybridized carbons (Fsp3) is 0.429. The van der Waals surface area contributed by atoms with Crippen LogP contribution in [-0.4, -0.2) is 88.1 Å². The average Bonchev–Trinajstić information content (AvgIpc) is 4.04. The smallest absolute Gasteiger partial charge is 0.407 e. The van der Waals surface area contributed by atoms with Crippen LogP contribution < -0.4 is 16.0 Å². The topological polar surface area (TPSA) is 183 Å². The summed E-state index contributed by atoms with van der Waals surface area (Å²) in [6.07, 6.45) is 3.49. The first-order valence-corrected chi connectivity index (χ1v) is 19.3. The van der Waals surface area contributed by atoms with Crippen molar-refractivity contribution >= 4 is 45.7 Å². The fourth-order valence-corrected chi connectivity index (χ4v) is 8.09. The number of aromatic amines is 2. The van der Waals surface area contributed by atoms with Gasteiger partial charge in [-0.25, -0.2) is 19.6 Å². The molecule has 2 aromatic heterocycles. The Kier molecular flexibility index (Phi) is 10.8. The summed E-state index contributed by atoms with van der Waals surface area (Å²) in [7, 11) is 2.58. The summed E-state index contributed by atoms with van der Waals surface area (Å²) < 4.78 is 9.59. The molecule has 3 aromatic carbocycles. The van der Waals surface area contributed by atoms with Crippen LogP contribution in [0.4, 0.5) is 9.59 Å². The standard InChI is InChI=1S/C42H50N8O6/c1-23(2)34(48-40(53)55-5)36(51)42(16-8-17-44-42)39-46-30-15-14-27(21-31(30)47-39)26-12-10-25-11-13-28(20-29(25)19-26)32-22-43-37(45-32)33-9-7-18-50(33)38(52)35(24(3)4)49-41(54)56-6/h10-15,19-24,33-35,44H,7-9,16-18H2,1-6H3,(H,43,45)(H,46,47)(H,48,53)(H,49,54)/t33-,34-,35-,42+/m0/s1. The molecular weight excluding hydrogens is 713 g/mol. The minimum atomic E-state index is -1.06. The second-order valence-electron chi connectivity index (χ2n) is 15.5. The molecule has 14 nitrogen and oxygen atoms in total. The van der Waals surface area contributed by atoms with E-state index < -0.39 is 29.8 Å². The Balaban J connectivity index is 1.14. The number of hydrogen-bond acceptors (Lipinski definition) is 9. The van der Waals surface area contributed by atoms with E-state index in [0.29, 0.717) is 31.2 Å². The van der Waals surface area contributed by atoms with Gasteiger partial charge in [0, 0.05) is 12.1 Å². The van der Waals surface area contributed by atoms with Crippen LogP contribution in [0.5, 0.6) is 0 Å². The van der Waals surface area contributed by atoms with E-state index in [9.17, 15) is 19.2 Å². The van der Waals surface area contributed by atoms with E-state index in [2.05, 4.69) is 68.4 Å². The van der Waals surface area contributed by atoms with Crippen LogP contribution in [0, 0.1) is 11.8 Å². The minimum Gasteiger partial charge on any atom is -0.453 e. The number of Topliss-reactive ketones (excluding diaryl/α,β-unsaturated/α-hetero) is 1. The number of carbonyl (C=O) groups excluding carboxylic acids is 4. The van der Waals surface area contributed by atoms with Crippen LogP contribution in [0.1, 0.15) is 71.1 Å². The number of ether oxygens (including phenoxy) is 2. The molecule has 0 radical (unpaired) electrons. The number of alkyl carbamates (subject to hydrolysis) is 2. The first-order chi connectivity index (χ1) is 26.9. The number of likely N-dealkylation sites (tertiary alicyclic amines) is 1. The molecule has 7 rings (SSSR count). The van der Waals surface area contributed by atoms with Crippen LogP contribution in [0.2, 0.25) is 0 Å². The average molecular weight is 763 g/mol. The van der Waals surface area contributed by atoms with Crippen LogP contribution in [0.25, 0.3) is 44.2 Å². The summed E-state index contributed by atoms with van der Waals surface area (Å²) in [4.78, 5) is 70.3. The van der Waals surface area contributed by atoms with Gasteiger partial charge in [-0.05, 0) is 90.2 Å². The molecule has 2 fully saturated rings. The van der Waals surface area contributed by atoms with Gasteiger partial charge >= 0.3 is 12.2 Å². The van der Waals surface area contributed by atoms with Crippen molar-refractivity contribution in [1.82, 2.24) is 40.8 Å². The molecule has 3 amide bonds. The molecule has 0 spiro atoms. The number of H-pyrrole nitrogens is 2. The number of rotatable bonds is 11. The molecule has 5 aromatic rings. The number of imidazole rings is 2. The van der Waals surface area contributed by atoms with Gasteiger partial charge in [0.05, 0.1) is 49.2 Å². The maximum Gasteiger partial charge on any atom is 0.407 e. The lowest BCUT2D eigenvalue weighted by Crippen LogP contribution is -2.57. The molecule has 0 bridgehead atoms. The summed E-state index contributed by atoms with van der Waals surface area (Å²) >= 11 is 0. The lowest BCUT2D eigenvalue weighted by atomic mass is 9.83. The SMILES string of the molecule is COC(=O)N[C@H](C(=O)N1CCC[C@H]1c1ncc(-c2ccc3ccc(-c4ccc5nc([C@]6(C(=O)[C@@H](NC(=O)OC)C(C)C)CCCN6)[nH]c5c4)cc3c2)[nH]1)C(C)C. The van der Waals surface area contributed by atoms with E-state index in [1.165, 1.54) is 14.2 Å². The molecule has 0 saturated carbocycles. The van der Waals surface area contributed by atoms with Crippen molar-refractivity contribution in [3.05, 3.63) is 72.4 Å². The Hall–Kier alpha value is -5.76. The normalized spacial score (nSPS) is 19.4. The predicted molar refractivity (Wildman–Crippen MR) is 213 cm³/mol. The second kappa shape index (κ2) is 15.8. The van der Waals surface area contributed by atoms with Crippen LogP contribution in [-0.2, 0) is 24.6 Å². The zero-order chi connectivity index (χ0) is 39.7. The third kappa shape index (κ3) is 7.32. The largest absolute Gasteiger partial charge is 0.453 e. The fourth-order valence-electron chi connectivity index (χ4n) is 8.09. The van der Waals surface area contributed by atoms with E-state index in [4.69, 9.17) is 19.4 Å². The van der Waals surface area contributed by atoms with E-state index in [-0.39, 0.29) is 29.6 Å². The lowest BCUT2D eigenvalue weighted by Gasteiger charge is -2.32. The van der Waals surface area contributed by atoms with E-state index in [1.807, 2.05) is 50.9 Å². The predicted octanol–water partition coefficient (Wildman–Crippen LogP) is 6.35. The van der Waals surface area contributed by atoms with Gasteiger partial charge < -0.3 is 35.0 Å². The van der Waals surface area contributed by atoms with Gasteiger partial charge in [0.1, 0.15) is 23.2 Å². The van der Waals surface area contributed by atoms with Gasteiger partial charge in [0.15, 0.2) is 5.78 Å². The maximum absolute atomic E-state index is 14.1. The van der Waals surface area contributed by atoms with Crippen molar-refractivity contribution in [3.8, 4) is 22.4 Å². The van der Waals surface area contributed by atoms with E-state index in [1.54, 1.807) is 0 Å². The highest BCUT2D eigenvalue weighted by Crippen LogP contribution is 2.36. The Bertz CT molecular complexity index is 2270. The lowest BCUT2D eigenvalue weighted by molar-refractivity contribution is -0.135. The Morgan fingerprint density at radius 1 is 0.821 bits per heavy atom. The molecule has 5 N–H and O–H groups in total. The minimum absolute atomic E-state index is 0.116. The third-order valence-electron chi connectivity index (χ3n) is 11.2. The van der Waals surface area contributed by atoms with E-state index in [0.717, 1.165) is 63.5 Å². The Morgan fingerprint density at radius 2 is 1.48 bits per heavy atom. The number of amides is 3. The first-order valence-electron chi connectivity index (χ1n) is 19.3. The molecule has 4 heterocycles. The Labute approximate surface area is 325 Å². The molecule has 2 saturated heterocycles. The summed E-state index contributed by atoms with van der Waals surface area (Å²) in [5.41, 5.74) is 4.30. The number of aromatic nitrogens is 4. The molecular formula is C42H50N8O6. The van der Waals surface area contributed by atoms with Crippen molar-refractivity contribution < 1.29 is 28.7 Å². The van der Waals surface area contributed by atoms with Crippen molar-refractivity contribution in [2.24, 2.45) is 11.8 Å². The van der Waals surface area contributed by atoms with Crippen molar-refractivity contribution in [2.45, 2.75) is 77.0 Å². The number of carbonyl (C=O) groups is 4. The highest BCUT2D eigenvalue weighted by molar-refractivity contribution is 5.97. The van der Waals surface area contributed by atoms with E-state index >= 15 is 0 Å². The number of ketones is 1.